The van der Waals surface area contributed by atoms with E-state index in [1.807, 2.05) is 30.3 Å². The molecule has 3 rings (SSSR count). The van der Waals surface area contributed by atoms with Crippen molar-refractivity contribution in [3.63, 3.8) is 0 Å². The standard InChI is InChI=1S/C25H33NO5S/c1-5-8-14-25(6-2)17-26(19-12-10-9-11-13-19)21-16-22(30-4)20(24(27)31-7-3)15-23(21)32(28,29)18-25/h9-13,15-16H,5-8,14,17-18H2,1-4H3. The van der Waals surface area contributed by atoms with Gasteiger partial charge in [-0.2, -0.15) is 0 Å². The smallest absolute Gasteiger partial charge is 0.341 e. The molecule has 1 aliphatic heterocycles. The average Bonchev–Trinajstić information content (AvgIpc) is 2.89. The van der Waals surface area contributed by atoms with E-state index in [0.29, 0.717) is 18.0 Å². The van der Waals surface area contributed by atoms with Gasteiger partial charge in [0.2, 0.25) is 0 Å². The van der Waals surface area contributed by atoms with E-state index in [0.717, 1.165) is 31.4 Å². The number of anilines is 2. The molecule has 2 aromatic carbocycles. The molecule has 32 heavy (non-hydrogen) atoms. The van der Waals surface area contributed by atoms with Gasteiger partial charge < -0.3 is 14.4 Å². The number of esters is 1. The zero-order valence-corrected chi connectivity index (χ0v) is 20.2. The quantitative estimate of drug-likeness (QED) is 0.493. The van der Waals surface area contributed by atoms with E-state index in [2.05, 4.69) is 18.7 Å². The highest BCUT2D eigenvalue weighted by Gasteiger charge is 2.42. The molecule has 1 atom stereocenters. The van der Waals surface area contributed by atoms with Crippen molar-refractivity contribution in [1.29, 1.82) is 0 Å². The number of rotatable bonds is 8. The molecule has 0 fully saturated rings. The summed E-state index contributed by atoms with van der Waals surface area (Å²) in [4.78, 5) is 14.8. The molecule has 0 amide bonds. The van der Waals surface area contributed by atoms with Gasteiger partial charge in [-0.25, -0.2) is 13.2 Å². The fraction of sp³-hybridized carbons (Fsp3) is 0.480. The van der Waals surface area contributed by atoms with Gasteiger partial charge in [0.15, 0.2) is 9.84 Å². The van der Waals surface area contributed by atoms with Crippen LogP contribution in [0.1, 0.15) is 56.8 Å². The summed E-state index contributed by atoms with van der Waals surface area (Å²) in [5.41, 5.74) is 1.17. The molecule has 174 valence electrons. The zero-order valence-electron chi connectivity index (χ0n) is 19.4. The van der Waals surface area contributed by atoms with Crippen LogP contribution in [0.5, 0.6) is 5.75 Å². The van der Waals surface area contributed by atoms with Crippen LogP contribution in [0.3, 0.4) is 0 Å². The van der Waals surface area contributed by atoms with Gasteiger partial charge in [-0.1, -0.05) is 44.9 Å². The Hall–Kier alpha value is -2.54. The molecule has 0 N–H and O–H groups in total. The lowest BCUT2D eigenvalue weighted by Crippen LogP contribution is -2.37. The molecular weight excluding hydrogens is 426 g/mol. The number of methoxy groups -OCH3 is 1. The van der Waals surface area contributed by atoms with E-state index < -0.39 is 21.2 Å². The molecule has 0 bridgehead atoms. The summed E-state index contributed by atoms with van der Waals surface area (Å²) < 4.78 is 38.1. The lowest BCUT2D eigenvalue weighted by atomic mass is 9.81. The summed E-state index contributed by atoms with van der Waals surface area (Å²) >= 11 is 0. The molecule has 0 aliphatic carbocycles. The predicted molar refractivity (Wildman–Crippen MR) is 127 cm³/mol. The second-order valence-electron chi connectivity index (χ2n) is 8.38. The average molecular weight is 460 g/mol. The summed E-state index contributed by atoms with van der Waals surface area (Å²) in [6, 6.07) is 12.9. The second kappa shape index (κ2) is 9.94. The fourth-order valence-electron chi connectivity index (χ4n) is 4.43. The van der Waals surface area contributed by atoms with Crippen LogP contribution in [-0.4, -0.2) is 40.4 Å². The first-order valence-corrected chi connectivity index (χ1v) is 12.9. The Bertz CT molecular complexity index is 1050. The monoisotopic (exact) mass is 459 g/mol. The van der Waals surface area contributed by atoms with Crippen molar-refractivity contribution < 1.29 is 22.7 Å². The van der Waals surface area contributed by atoms with Gasteiger partial charge in [0.25, 0.3) is 0 Å². The maximum absolute atomic E-state index is 13.7. The number of hydrogen-bond acceptors (Lipinski definition) is 6. The van der Waals surface area contributed by atoms with Gasteiger partial charge in [0, 0.05) is 23.7 Å². The van der Waals surface area contributed by atoms with E-state index in [1.165, 1.54) is 13.2 Å². The predicted octanol–water partition coefficient (Wildman–Crippen LogP) is 5.38. The van der Waals surface area contributed by atoms with Crippen LogP contribution in [0.2, 0.25) is 0 Å². The molecule has 1 aliphatic rings. The fourth-order valence-corrected chi connectivity index (χ4v) is 6.61. The lowest BCUT2D eigenvalue weighted by Gasteiger charge is -2.36. The van der Waals surface area contributed by atoms with Gasteiger partial charge in [-0.05, 0) is 38.0 Å². The topological polar surface area (TPSA) is 72.9 Å². The number of ether oxygens (including phenoxy) is 2. The molecule has 7 heteroatoms. The van der Waals surface area contributed by atoms with Crippen molar-refractivity contribution in [2.45, 2.75) is 51.3 Å². The second-order valence-corrected chi connectivity index (χ2v) is 10.3. The van der Waals surface area contributed by atoms with Crippen molar-refractivity contribution in [2.24, 2.45) is 5.41 Å². The van der Waals surface area contributed by atoms with Crippen molar-refractivity contribution in [3.8, 4) is 5.75 Å². The first kappa shape index (κ1) is 24.1. The Balaban J connectivity index is 2.28. The highest BCUT2D eigenvalue weighted by atomic mass is 32.2. The van der Waals surface area contributed by atoms with E-state index in [9.17, 15) is 13.2 Å². The highest BCUT2D eigenvalue weighted by Crippen LogP contribution is 2.46. The Labute approximate surface area is 191 Å². The van der Waals surface area contributed by atoms with Gasteiger partial charge in [-0.15, -0.1) is 0 Å². The van der Waals surface area contributed by atoms with Crippen LogP contribution >= 0.6 is 0 Å². The summed E-state index contributed by atoms with van der Waals surface area (Å²) in [5, 5.41) is 0. The molecule has 0 spiro atoms. The van der Waals surface area contributed by atoms with Gasteiger partial charge >= 0.3 is 5.97 Å². The highest BCUT2D eigenvalue weighted by molar-refractivity contribution is 7.91. The number of carbonyl (C=O) groups is 1. The molecule has 0 saturated heterocycles. The minimum absolute atomic E-state index is 0.0431. The van der Waals surface area contributed by atoms with E-state index >= 15 is 0 Å². The molecule has 1 heterocycles. The van der Waals surface area contributed by atoms with Crippen LogP contribution in [0, 0.1) is 5.41 Å². The molecule has 0 aromatic heterocycles. The first-order valence-electron chi connectivity index (χ1n) is 11.2. The Morgan fingerprint density at radius 2 is 1.84 bits per heavy atom. The van der Waals surface area contributed by atoms with Gasteiger partial charge in [-0.3, -0.25) is 0 Å². The lowest BCUT2D eigenvalue weighted by molar-refractivity contribution is 0.0522. The normalized spacial score (nSPS) is 19.7. The summed E-state index contributed by atoms with van der Waals surface area (Å²) in [6.07, 6.45) is 3.52. The van der Waals surface area contributed by atoms with Crippen LogP contribution in [-0.2, 0) is 14.6 Å². The molecule has 0 radical (unpaired) electrons. The zero-order chi connectivity index (χ0) is 23.4. The number of carbonyl (C=O) groups excluding carboxylic acids is 1. The van der Waals surface area contributed by atoms with Crippen LogP contribution in [0.25, 0.3) is 0 Å². The van der Waals surface area contributed by atoms with Crippen LogP contribution in [0.15, 0.2) is 47.4 Å². The number of sulfone groups is 1. The third kappa shape index (κ3) is 4.77. The first-order chi connectivity index (χ1) is 15.3. The molecule has 0 saturated carbocycles. The number of para-hydroxylation sites is 1. The SMILES string of the molecule is CCCCC1(CC)CN(c2ccccc2)c2cc(OC)c(C(=O)OCC)cc2S(=O)(=O)C1. The minimum atomic E-state index is -3.67. The van der Waals surface area contributed by atoms with Crippen molar-refractivity contribution >= 4 is 27.2 Å². The van der Waals surface area contributed by atoms with Crippen LogP contribution < -0.4 is 9.64 Å². The summed E-state index contributed by atoms with van der Waals surface area (Å²) in [6.45, 7) is 6.66. The minimum Gasteiger partial charge on any atom is -0.496 e. The summed E-state index contributed by atoms with van der Waals surface area (Å²) in [7, 11) is -2.20. The third-order valence-electron chi connectivity index (χ3n) is 6.27. The number of nitrogens with zero attached hydrogens (tertiary/aromatic N) is 1. The Morgan fingerprint density at radius 1 is 1.12 bits per heavy atom. The summed E-state index contributed by atoms with van der Waals surface area (Å²) in [5.74, 6) is -0.247. The Kier molecular flexibility index (Phi) is 7.49. The maximum atomic E-state index is 13.7. The van der Waals surface area contributed by atoms with Crippen molar-refractivity contribution in [2.75, 3.05) is 30.9 Å². The van der Waals surface area contributed by atoms with Gasteiger partial charge in [0.1, 0.15) is 11.3 Å². The molecule has 6 nitrogen and oxygen atoms in total. The largest absolute Gasteiger partial charge is 0.496 e. The molecular formula is C25H33NO5S. The van der Waals surface area contributed by atoms with Crippen molar-refractivity contribution in [3.05, 3.63) is 48.0 Å². The van der Waals surface area contributed by atoms with E-state index in [1.54, 1.807) is 13.0 Å². The Morgan fingerprint density at radius 3 is 2.44 bits per heavy atom. The molecule has 2 aromatic rings. The molecule has 1 unspecified atom stereocenters. The number of fused-ring (bicyclic) bond motifs is 1. The number of unbranched alkanes of at least 4 members (excludes halogenated alkanes) is 1. The maximum Gasteiger partial charge on any atom is 0.341 e. The third-order valence-corrected chi connectivity index (χ3v) is 8.26. The van der Waals surface area contributed by atoms with Gasteiger partial charge in [0.05, 0.1) is 30.1 Å². The number of benzene rings is 2. The van der Waals surface area contributed by atoms with E-state index in [4.69, 9.17) is 9.47 Å². The van der Waals surface area contributed by atoms with Crippen LogP contribution in [0.4, 0.5) is 11.4 Å². The van der Waals surface area contributed by atoms with E-state index in [-0.39, 0.29) is 22.8 Å². The van der Waals surface area contributed by atoms with Crippen molar-refractivity contribution in [1.82, 2.24) is 0 Å². The number of hydrogen-bond donors (Lipinski definition) is 0.